The molecular weight excluding hydrogens is 367 g/mol. The van der Waals surface area contributed by atoms with Crippen molar-refractivity contribution in [1.29, 1.82) is 0 Å². The molecule has 0 amide bonds. The molecule has 0 aliphatic carbocycles. The Hall–Kier alpha value is -3.22. The van der Waals surface area contributed by atoms with Crippen LogP contribution in [0.15, 0.2) is 60.8 Å². The Balaban J connectivity index is 1.44. The second kappa shape index (κ2) is 8.86. The van der Waals surface area contributed by atoms with Gasteiger partial charge in [0.15, 0.2) is 5.82 Å². The van der Waals surface area contributed by atoms with E-state index in [1.165, 1.54) is 11.6 Å². The molecule has 1 aliphatic rings. The van der Waals surface area contributed by atoms with Crippen molar-refractivity contribution < 1.29 is 4.39 Å². The first-order chi connectivity index (χ1) is 14.2. The standard InChI is InChI=1S/C22H25FN6/c1-2-27(17-18-8-4-3-5-9-18)21-16-24-26-22(25-21)29-14-12-28(13-15-29)20-11-7-6-10-19(20)23/h3-11,16H,2,12-15,17H2,1H3. The van der Waals surface area contributed by atoms with Crippen LogP contribution in [0.4, 0.5) is 21.8 Å². The normalized spacial score (nSPS) is 14.1. The fraction of sp³-hybridized carbons (Fsp3) is 0.318. The molecule has 4 rings (SSSR count). The average molecular weight is 392 g/mol. The summed E-state index contributed by atoms with van der Waals surface area (Å²) in [6, 6.07) is 17.2. The molecule has 0 radical (unpaired) electrons. The predicted molar refractivity (Wildman–Crippen MR) is 114 cm³/mol. The largest absolute Gasteiger partial charge is 0.366 e. The molecule has 1 aliphatic heterocycles. The number of nitrogens with zero attached hydrogens (tertiary/aromatic N) is 6. The number of benzene rings is 2. The second-order valence-electron chi connectivity index (χ2n) is 7.04. The molecule has 3 aromatic rings. The lowest BCUT2D eigenvalue weighted by molar-refractivity contribution is 0.592. The molecule has 1 fully saturated rings. The lowest BCUT2D eigenvalue weighted by Gasteiger charge is -2.36. The van der Waals surface area contributed by atoms with E-state index in [1.807, 2.05) is 30.3 Å². The summed E-state index contributed by atoms with van der Waals surface area (Å²) >= 11 is 0. The topological polar surface area (TPSA) is 48.4 Å². The third kappa shape index (κ3) is 4.45. The number of rotatable bonds is 6. The van der Waals surface area contributed by atoms with Crippen molar-refractivity contribution in [3.05, 3.63) is 72.2 Å². The first-order valence-electron chi connectivity index (χ1n) is 9.97. The van der Waals surface area contributed by atoms with Crippen molar-refractivity contribution >= 4 is 17.5 Å². The van der Waals surface area contributed by atoms with Gasteiger partial charge in [0.05, 0.1) is 11.9 Å². The van der Waals surface area contributed by atoms with Gasteiger partial charge in [0.25, 0.3) is 0 Å². The van der Waals surface area contributed by atoms with Crippen LogP contribution >= 0.6 is 0 Å². The molecule has 0 N–H and O–H groups in total. The number of halogens is 1. The van der Waals surface area contributed by atoms with Gasteiger partial charge in [0.2, 0.25) is 5.95 Å². The predicted octanol–water partition coefficient (Wildman–Crippen LogP) is 3.36. The highest BCUT2D eigenvalue weighted by Crippen LogP contribution is 2.22. The summed E-state index contributed by atoms with van der Waals surface area (Å²) in [4.78, 5) is 11.1. The second-order valence-corrected chi connectivity index (χ2v) is 7.04. The van der Waals surface area contributed by atoms with Gasteiger partial charge in [0, 0.05) is 39.3 Å². The van der Waals surface area contributed by atoms with E-state index in [1.54, 1.807) is 12.3 Å². The zero-order valence-corrected chi connectivity index (χ0v) is 16.6. The SMILES string of the molecule is CCN(Cc1ccccc1)c1cnnc(N2CCN(c3ccccc3F)CC2)n1. The first-order valence-corrected chi connectivity index (χ1v) is 9.97. The molecule has 0 bridgehead atoms. The third-order valence-corrected chi connectivity index (χ3v) is 5.21. The lowest BCUT2D eigenvalue weighted by atomic mass is 10.2. The summed E-state index contributed by atoms with van der Waals surface area (Å²) in [5.74, 6) is 1.26. The van der Waals surface area contributed by atoms with Gasteiger partial charge in [0.1, 0.15) is 5.82 Å². The van der Waals surface area contributed by atoms with Crippen molar-refractivity contribution in [2.75, 3.05) is 47.4 Å². The number of para-hydroxylation sites is 1. The molecule has 2 heterocycles. The van der Waals surface area contributed by atoms with Gasteiger partial charge in [-0.1, -0.05) is 42.5 Å². The van der Waals surface area contributed by atoms with E-state index in [-0.39, 0.29) is 5.82 Å². The maximum Gasteiger partial charge on any atom is 0.247 e. The maximum absolute atomic E-state index is 14.1. The summed E-state index contributed by atoms with van der Waals surface area (Å²) in [5.41, 5.74) is 1.88. The summed E-state index contributed by atoms with van der Waals surface area (Å²) in [6.45, 7) is 6.60. The molecular formula is C22H25FN6. The van der Waals surface area contributed by atoms with Crippen molar-refractivity contribution in [3.8, 4) is 0 Å². The first kappa shape index (κ1) is 19.1. The molecule has 1 aromatic heterocycles. The summed E-state index contributed by atoms with van der Waals surface area (Å²) in [6.07, 6.45) is 1.71. The van der Waals surface area contributed by atoms with Crippen LogP contribution in [0.5, 0.6) is 0 Å². The molecule has 6 nitrogen and oxygen atoms in total. The Kier molecular flexibility index (Phi) is 5.84. The molecule has 0 spiro atoms. The zero-order chi connectivity index (χ0) is 20.1. The number of anilines is 3. The van der Waals surface area contributed by atoms with Crippen molar-refractivity contribution in [2.24, 2.45) is 0 Å². The molecule has 2 aromatic carbocycles. The van der Waals surface area contributed by atoms with Crippen LogP contribution in [0, 0.1) is 5.82 Å². The van der Waals surface area contributed by atoms with Gasteiger partial charge >= 0.3 is 0 Å². The Morgan fingerprint density at radius 3 is 2.34 bits per heavy atom. The Labute approximate surface area is 170 Å². The van der Waals surface area contributed by atoms with Crippen LogP contribution in [0.1, 0.15) is 12.5 Å². The minimum Gasteiger partial charge on any atom is -0.366 e. The maximum atomic E-state index is 14.1. The highest BCUT2D eigenvalue weighted by Gasteiger charge is 2.22. The molecule has 7 heteroatoms. The van der Waals surface area contributed by atoms with Crippen LogP contribution in [-0.2, 0) is 6.54 Å². The molecule has 0 saturated carbocycles. The Morgan fingerprint density at radius 1 is 0.931 bits per heavy atom. The number of piperazine rings is 1. The van der Waals surface area contributed by atoms with E-state index in [9.17, 15) is 4.39 Å². The highest BCUT2D eigenvalue weighted by molar-refractivity contribution is 5.50. The van der Waals surface area contributed by atoms with Crippen LogP contribution in [0.25, 0.3) is 0 Å². The Bertz CT molecular complexity index is 927. The third-order valence-electron chi connectivity index (χ3n) is 5.21. The summed E-state index contributed by atoms with van der Waals surface area (Å²) in [5, 5.41) is 8.44. The lowest BCUT2D eigenvalue weighted by Crippen LogP contribution is -2.47. The van der Waals surface area contributed by atoms with E-state index >= 15 is 0 Å². The highest BCUT2D eigenvalue weighted by atomic mass is 19.1. The number of aromatic nitrogens is 3. The molecule has 0 atom stereocenters. The van der Waals surface area contributed by atoms with Gasteiger partial charge in [-0.15, -0.1) is 5.10 Å². The summed E-state index contributed by atoms with van der Waals surface area (Å²) < 4.78 is 14.1. The average Bonchev–Trinajstić information content (AvgIpc) is 2.79. The van der Waals surface area contributed by atoms with E-state index in [0.29, 0.717) is 11.6 Å². The van der Waals surface area contributed by atoms with Crippen LogP contribution in [0.2, 0.25) is 0 Å². The monoisotopic (exact) mass is 392 g/mol. The smallest absolute Gasteiger partial charge is 0.247 e. The van der Waals surface area contributed by atoms with Crippen molar-refractivity contribution in [1.82, 2.24) is 15.2 Å². The fourth-order valence-corrected chi connectivity index (χ4v) is 3.59. The van der Waals surface area contributed by atoms with Gasteiger partial charge < -0.3 is 14.7 Å². The van der Waals surface area contributed by atoms with Crippen molar-refractivity contribution in [3.63, 3.8) is 0 Å². The van der Waals surface area contributed by atoms with Crippen LogP contribution in [-0.4, -0.2) is 47.9 Å². The van der Waals surface area contributed by atoms with Gasteiger partial charge in [-0.2, -0.15) is 10.1 Å². The fourth-order valence-electron chi connectivity index (χ4n) is 3.59. The van der Waals surface area contributed by atoms with Crippen LogP contribution in [0.3, 0.4) is 0 Å². The molecule has 29 heavy (non-hydrogen) atoms. The quantitative estimate of drug-likeness (QED) is 0.641. The summed E-state index contributed by atoms with van der Waals surface area (Å²) in [7, 11) is 0. The molecule has 150 valence electrons. The molecule has 1 saturated heterocycles. The van der Waals surface area contributed by atoms with E-state index in [2.05, 4.69) is 44.0 Å². The van der Waals surface area contributed by atoms with Crippen LogP contribution < -0.4 is 14.7 Å². The van der Waals surface area contributed by atoms with E-state index in [4.69, 9.17) is 4.98 Å². The Morgan fingerprint density at radius 2 is 1.62 bits per heavy atom. The molecule has 0 unspecified atom stereocenters. The van der Waals surface area contributed by atoms with E-state index < -0.39 is 0 Å². The van der Waals surface area contributed by atoms with Crippen molar-refractivity contribution in [2.45, 2.75) is 13.5 Å². The number of hydrogen-bond acceptors (Lipinski definition) is 6. The number of hydrogen-bond donors (Lipinski definition) is 0. The minimum atomic E-state index is -0.180. The van der Waals surface area contributed by atoms with Gasteiger partial charge in [-0.25, -0.2) is 4.39 Å². The van der Waals surface area contributed by atoms with Gasteiger partial charge in [-0.3, -0.25) is 0 Å². The minimum absolute atomic E-state index is 0.180. The van der Waals surface area contributed by atoms with E-state index in [0.717, 1.165) is 45.1 Å². The zero-order valence-electron chi connectivity index (χ0n) is 16.6. The van der Waals surface area contributed by atoms with Gasteiger partial charge in [-0.05, 0) is 24.6 Å².